The van der Waals surface area contributed by atoms with Gasteiger partial charge in [-0.2, -0.15) is 4.98 Å². The maximum atomic E-state index is 4.90. The van der Waals surface area contributed by atoms with Gasteiger partial charge >= 0.3 is 0 Å². The van der Waals surface area contributed by atoms with Crippen molar-refractivity contribution in [3.63, 3.8) is 0 Å². The molecule has 0 fully saturated rings. The molecule has 7 heteroatoms. The van der Waals surface area contributed by atoms with Gasteiger partial charge in [-0.15, -0.1) is 30.6 Å². The molecule has 1 rings (SSSR count). The summed E-state index contributed by atoms with van der Waals surface area (Å²) in [5.74, 6) is 2.02. The fraction of sp³-hybridized carbons (Fsp3) is 0.583. The Kier molecular flexibility index (Phi) is 9.19. The maximum absolute atomic E-state index is 4.90. The van der Waals surface area contributed by atoms with Crippen molar-refractivity contribution in [1.29, 1.82) is 0 Å². The molecule has 0 amide bonds. The monoisotopic (exact) mass is 379 g/mol. The van der Waals surface area contributed by atoms with Crippen molar-refractivity contribution in [2.24, 2.45) is 4.99 Å². The minimum atomic E-state index is 0. The van der Waals surface area contributed by atoms with E-state index in [1.165, 1.54) is 0 Å². The van der Waals surface area contributed by atoms with Crippen LogP contribution in [-0.4, -0.2) is 41.6 Å². The summed E-state index contributed by atoms with van der Waals surface area (Å²) in [5, 5.41) is 7.01. The first-order valence-corrected chi connectivity index (χ1v) is 5.99. The zero-order chi connectivity index (χ0) is 13.4. The van der Waals surface area contributed by atoms with Gasteiger partial charge in [0.2, 0.25) is 5.89 Å². The van der Waals surface area contributed by atoms with Gasteiger partial charge < -0.3 is 14.7 Å². The van der Waals surface area contributed by atoms with Crippen LogP contribution < -0.4 is 5.32 Å². The van der Waals surface area contributed by atoms with Crippen LogP contribution in [0, 0.1) is 6.92 Å². The van der Waals surface area contributed by atoms with Crippen LogP contribution in [0.2, 0.25) is 0 Å². The molecule has 0 saturated carbocycles. The van der Waals surface area contributed by atoms with E-state index in [-0.39, 0.29) is 24.0 Å². The Morgan fingerprint density at radius 1 is 1.58 bits per heavy atom. The molecule has 1 N–H and O–H groups in total. The summed E-state index contributed by atoms with van der Waals surface area (Å²) >= 11 is 0. The predicted molar refractivity (Wildman–Crippen MR) is 86.7 cm³/mol. The molecular formula is C12H22IN5O. The van der Waals surface area contributed by atoms with E-state index < -0.39 is 0 Å². The number of allylic oxidation sites excluding steroid dienone is 1. The number of halogens is 1. The van der Waals surface area contributed by atoms with Gasteiger partial charge in [-0.25, -0.2) is 0 Å². The lowest BCUT2D eigenvalue weighted by Gasteiger charge is -2.21. The zero-order valence-electron chi connectivity index (χ0n) is 11.7. The lowest BCUT2D eigenvalue weighted by Crippen LogP contribution is -2.39. The average Bonchev–Trinajstić information content (AvgIpc) is 2.76. The van der Waals surface area contributed by atoms with E-state index in [1.807, 2.05) is 13.1 Å². The maximum Gasteiger partial charge on any atom is 0.223 e. The van der Waals surface area contributed by atoms with Gasteiger partial charge in [-0.3, -0.25) is 4.99 Å². The number of aryl methyl sites for hydroxylation is 1. The summed E-state index contributed by atoms with van der Waals surface area (Å²) in [4.78, 5) is 10.4. The number of nitrogens with zero attached hydrogens (tertiary/aromatic N) is 4. The van der Waals surface area contributed by atoms with Crippen LogP contribution in [0.15, 0.2) is 22.2 Å². The van der Waals surface area contributed by atoms with Crippen LogP contribution in [-0.2, 0) is 6.54 Å². The quantitative estimate of drug-likeness (QED) is 0.269. The van der Waals surface area contributed by atoms with E-state index in [4.69, 9.17) is 4.52 Å². The van der Waals surface area contributed by atoms with Crippen LogP contribution in [0.5, 0.6) is 0 Å². The Balaban J connectivity index is 0.00000324. The Bertz CT molecular complexity index is 405. The zero-order valence-corrected chi connectivity index (χ0v) is 14.0. The molecule has 0 unspecified atom stereocenters. The van der Waals surface area contributed by atoms with Crippen LogP contribution in [0.1, 0.15) is 24.6 Å². The normalized spacial score (nSPS) is 10.8. The van der Waals surface area contributed by atoms with Gasteiger partial charge in [-0.05, 0) is 12.8 Å². The van der Waals surface area contributed by atoms with Gasteiger partial charge in [-0.1, -0.05) is 11.2 Å². The number of unbranched alkanes of at least 4 members (excludes halogenated alkanes) is 1. The van der Waals surface area contributed by atoms with Gasteiger partial charge in [0.25, 0.3) is 0 Å². The number of aliphatic imine (C=N–C) groups is 1. The highest BCUT2D eigenvalue weighted by atomic mass is 127. The minimum Gasteiger partial charge on any atom is -0.349 e. The smallest absolute Gasteiger partial charge is 0.223 e. The van der Waals surface area contributed by atoms with Crippen molar-refractivity contribution in [3.8, 4) is 0 Å². The van der Waals surface area contributed by atoms with Gasteiger partial charge in [0.1, 0.15) is 0 Å². The second-order valence-corrected chi connectivity index (χ2v) is 3.98. The van der Waals surface area contributed by atoms with Crippen molar-refractivity contribution in [1.82, 2.24) is 20.4 Å². The first-order chi connectivity index (χ1) is 8.67. The molecule has 0 aliphatic rings. The Morgan fingerprint density at radius 3 is 2.84 bits per heavy atom. The Hall–Kier alpha value is -1.12. The molecule has 0 saturated heterocycles. The Labute approximate surface area is 131 Å². The third-order valence-electron chi connectivity index (χ3n) is 2.45. The number of rotatable bonds is 6. The highest BCUT2D eigenvalue weighted by Crippen LogP contribution is 1.97. The third-order valence-corrected chi connectivity index (χ3v) is 2.45. The third kappa shape index (κ3) is 6.55. The molecule has 0 aromatic carbocycles. The van der Waals surface area contributed by atoms with E-state index >= 15 is 0 Å². The largest absolute Gasteiger partial charge is 0.349 e. The minimum absolute atomic E-state index is 0. The highest BCUT2D eigenvalue weighted by Gasteiger charge is 2.07. The molecular weight excluding hydrogens is 357 g/mol. The van der Waals surface area contributed by atoms with Gasteiger partial charge in [0, 0.05) is 27.6 Å². The highest BCUT2D eigenvalue weighted by molar-refractivity contribution is 14.0. The Morgan fingerprint density at radius 2 is 2.32 bits per heavy atom. The van der Waals surface area contributed by atoms with Crippen LogP contribution in [0.3, 0.4) is 0 Å². The van der Waals surface area contributed by atoms with Crippen LogP contribution in [0.25, 0.3) is 0 Å². The summed E-state index contributed by atoms with van der Waals surface area (Å²) in [7, 11) is 3.76. The first kappa shape index (κ1) is 17.9. The molecule has 0 bridgehead atoms. The van der Waals surface area contributed by atoms with E-state index in [0.717, 1.165) is 25.3 Å². The molecule has 1 aromatic heterocycles. The van der Waals surface area contributed by atoms with Crippen molar-refractivity contribution in [3.05, 3.63) is 24.4 Å². The van der Waals surface area contributed by atoms with Crippen molar-refractivity contribution < 1.29 is 4.52 Å². The van der Waals surface area contributed by atoms with E-state index in [9.17, 15) is 0 Å². The van der Waals surface area contributed by atoms with Gasteiger partial charge in [0.15, 0.2) is 11.8 Å². The van der Waals surface area contributed by atoms with Crippen LogP contribution in [0.4, 0.5) is 0 Å². The summed E-state index contributed by atoms with van der Waals surface area (Å²) in [6.45, 7) is 6.92. The summed E-state index contributed by atoms with van der Waals surface area (Å²) in [6, 6.07) is 0. The molecule has 0 atom stereocenters. The van der Waals surface area contributed by atoms with Crippen molar-refractivity contribution in [2.75, 3.05) is 20.6 Å². The first-order valence-electron chi connectivity index (χ1n) is 5.99. The van der Waals surface area contributed by atoms with E-state index in [1.54, 1.807) is 14.0 Å². The molecule has 6 nitrogen and oxygen atoms in total. The topological polar surface area (TPSA) is 66.5 Å². The van der Waals surface area contributed by atoms with Gasteiger partial charge in [0.05, 0.1) is 6.54 Å². The molecule has 19 heavy (non-hydrogen) atoms. The number of guanidine groups is 1. The predicted octanol–water partition coefficient (Wildman–Crippen LogP) is 1.97. The number of aromatic nitrogens is 2. The average molecular weight is 379 g/mol. The lowest BCUT2D eigenvalue weighted by atomic mass is 10.3. The van der Waals surface area contributed by atoms with Crippen molar-refractivity contribution in [2.45, 2.75) is 26.3 Å². The lowest BCUT2D eigenvalue weighted by molar-refractivity contribution is 0.386. The molecule has 1 heterocycles. The summed E-state index contributed by atoms with van der Waals surface area (Å²) in [5.41, 5.74) is 0. The summed E-state index contributed by atoms with van der Waals surface area (Å²) in [6.07, 6.45) is 3.99. The molecule has 1 aromatic rings. The fourth-order valence-corrected chi connectivity index (χ4v) is 1.53. The SMILES string of the molecule is C=CCCCN(C)C(=NC)NCc1noc(C)n1.I. The molecule has 0 aliphatic heterocycles. The van der Waals surface area contributed by atoms with Crippen LogP contribution >= 0.6 is 24.0 Å². The molecule has 108 valence electrons. The van der Waals surface area contributed by atoms with Crippen molar-refractivity contribution >= 4 is 29.9 Å². The number of nitrogens with one attached hydrogen (secondary N) is 1. The molecule has 0 aliphatic carbocycles. The number of hydrogen-bond acceptors (Lipinski definition) is 4. The fourth-order valence-electron chi connectivity index (χ4n) is 1.53. The summed E-state index contributed by atoms with van der Waals surface area (Å²) < 4.78 is 4.90. The van der Waals surface area contributed by atoms with E-state index in [2.05, 4.69) is 31.9 Å². The number of hydrogen-bond donors (Lipinski definition) is 1. The second-order valence-electron chi connectivity index (χ2n) is 3.98. The second kappa shape index (κ2) is 9.76. The standard InChI is InChI=1S/C12H21N5O.HI/c1-5-6-7-8-17(4)12(13-3)14-9-11-15-10(2)18-16-11;/h5H,1,6-9H2,2-4H3,(H,13,14);1H. The molecule has 0 spiro atoms. The van der Waals surface area contributed by atoms with E-state index in [0.29, 0.717) is 18.3 Å². The molecule has 0 radical (unpaired) electrons.